The van der Waals surface area contributed by atoms with E-state index in [0.717, 1.165) is 43.6 Å². The summed E-state index contributed by atoms with van der Waals surface area (Å²) in [6, 6.07) is 8.46. The van der Waals surface area contributed by atoms with Crippen molar-refractivity contribution in [2.24, 2.45) is 0 Å². The quantitative estimate of drug-likeness (QED) is 0.803. The molecule has 0 bridgehead atoms. The van der Waals surface area contributed by atoms with E-state index in [2.05, 4.69) is 39.0 Å². The third kappa shape index (κ3) is 3.49. The highest BCUT2D eigenvalue weighted by Gasteiger charge is 2.31. The van der Waals surface area contributed by atoms with Gasteiger partial charge in [-0.05, 0) is 38.8 Å². The van der Waals surface area contributed by atoms with Crippen molar-refractivity contribution in [3.05, 3.63) is 36.0 Å². The van der Waals surface area contributed by atoms with Crippen LogP contribution in [0, 0.1) is 0 Å². The maximum absolute atomic E-state index is 5.78. The van der Waals surface area contributed by atoms with Crippen LogP contribution >= 0.6 is 0 Å². The first-order valence-corrected chi connectivity index (χ1v) is 9.30. The molecule has 6 nitrogen and oxygen atoms in total. The second-order valence-corrected chi connectivity index (χ2v) is 6.86. The lowest BCUT2D eigenvalue weighted by molar-refractivity contribution is 0.164. The van der Waals surface area contributed by atoms with Crippen LogP contribution in [0.2, 0.25) is 0 Å². The van der Waals surface area contributed by atoms with Gasteiger partial charge in [-0.3, -0.25) is 4.90 Å². The fraction of sp³-hybridized carbons (Fsp3) is 0.579. The number of para-hydroxylation sites is 2. The lowest BCUT2D eigenvalue weighted by Crippen LogP contribution is -2.47. The number of hydrogen-bond acceptors (Lipinski definition) is 6. The maximum atomic E-state index is 5.78. The molecule has 2 aromatic rings. The van der Waals surface area contributed by atoms with Gasteiger partial charge in [-0.2, -0.15) is 4.98 Å². The van der Waals surface area contributed by atoms with Crippen molar-refractivity contribution in [2.45, 2.75) is 38.6 Å². The van der Waals surface area contributed by atoms with Crippen LogP contribution < -0.4 is 9.64 Å². The predicted molar refractivity (Wildman–Crippen MR) is 96.1 cm³/mol. The van der Waals surface area contributed by atoms with Crippen LogP contribution in [0.3, 0.4) is 0 Å². The highest BCUT2D eigenvalue weighted by atomic mass is 16.5. The van der Waals surface area contributed by atoms with Gasteiger partial charge in [-0.15, -0.1) is 0 Å². The van der Waals surface area contributed by atoms with E-state index in [-0.39, 0.29) is 6.04 Å². The standard InChI is InChI=1S/C19H26N4O2/c1-3-24-17-7-5-4-6-16(17)23-12-10-22(11-13-23)14(2)19-20-18(21-25-19)15-8-9-15/h4-7,14-15H,3,8-13H2,1-2H3/t14-/m0/s1. The van der Waals surface area contributed by atoms with Crippen molar-refractivity contribution in [3.63, 3.8) is 0 Å². The Bertz CT molecular complexity index is 705. The van der Waals surface area contributed by atoms with Crippen molar-refractivity contribution in [3.8, 4) is 5.75 Å². The summed E-state index contributed by atoms with van der Waals surface area (Å²) in [5, 5.41) is 4.15. The van der Waals surface area contributed by atoms with Crippen LogP contribution in [0.25, 0.3) is 0 Å². The molecule has 134 valence electrons. The molecule has 0 amide bonds. The van der Waals surface area contributed by atoms with Crippen LogP contribution in [-0.2, 0) is 0 Å². The summed E-state index contributed by atoms with van der Waals surface area (Å²) in [6.45, 7) is 8.76. The molecule has 0 radical (unpaired) electrons. The molecular formula is C19H26N4O2. The Morgan fingerprint density at radius 1 is 1.20 bits per heavy atom. The van der Waals surface area contributed by atoms with Gasteiger partial charge in [-0.25, -0.2) is 0 Å². The molecule has 1 aromatic heterocycles. The average Bonchev–Trinajstić information content (AvgIpc) is 3.39. The summed E-state index contributed by atoms with van der Waals surface area (Å²) in [4.78, 5) is 9.43. The molecule has 1 aliphatic heterocycles. The third-order valence-electron chi connectivity index (χ3n) is 5.13. The second-order valence-electron chi connectivity index (χ2n) is 6.86. The van der Waals surface area contributed by atoms with E-state index in [4.69, 9.17) is 9.26 Å². The van der Waals surface area contributed by atoms with E-state index in [1.165, 1.54) is 18.5 Å². The second kappa shape index (κ2) is 7.04. The lowest BCUT2D eigenvalue weighted by Gasteiger charge is -2.38. The van der Waals surface area contributed by atoms with Gasteiger partial charge in [0.05, 0.1) is 18.3 Å². The van der Waals surface area contributed by atoms with Crippen LogP contribution in [0.1, 0.15) is 50.4 Å². The Morgan fingerprint density at radius 3 is 2.68 bits per heavy atom. The van der Waals surface area contributed by atoms with Gasteiger partial charge in [0.1, 0.15) is 5.75 Å². The average molecular weight is 342 g/mol. The van der Waals surface area contributed by atoms with Crippen LogP contribution in [0.15, 0.2) is 28.8 Å². The number of aromatic nitrogens is 2. The molecule has 2 aliphatic rings. The molecule has 4 rings (SSSR count). The zero-order valence-electron chi connectivity index (χ0n) is 15.0. The summed E-state index contributed by atoms with van der Waals surface area (Å²) in [6.07, 6.45) is 2.40. The molecule has 6 heteroatoms. The normalized spacial score (nSPS) is 19.8. The fourth-order valence-electron chi connectivity index (χ4n) is 3.43. The van der Waals surface area contributed by atoms with Crippen molar-refractivity contribution < 1.29 is 9.26 Å². The Hall–Kier alpha value is -2.08. The van der Waals surface area contributed by atoms with E-state index >= 15 is 0 Å². The van der Waals surface area contributed by atoms with Crippen molar-refractivity contribution in [1.82, 2.24) is 15.0 Å². The van der Waals surface area contributed by atoms with Gasteiger partial charge < -0.3 is 14.2 Å². The first-order valence-electron chi connectivity index (χ1n) is 9.30. The van der Waals surface area contributed by atoms with Crippen LogP contribution in [0.4, 0.5) is 5.69 Å². The van der Waals surface area contributed by atoms with Gasteiger partial charge in [0.2, 0.25) is 5.89 Å². The molecule has 1 atom stereocenters. The number of rotatable bonds is 6. The zero-order valence-corrected chi connectivity index (χ0v) is 15.0. The molecule has 2 heterocycles. The third-order valence-corrected chi connectivity index (χ3v) is 5.13. The molecule has 2 fully saturated rings. The monoisotopic (exact) mass is 342 g/mol. The fourth-order valence-corrected chi connectivity index (χ4v) is 3.43. The van der Waals surface area contributed by atoms with E-state index < -0.39 is 0 Å². The summed E-state index contributed by atoms with van der Waals surface area (Å²) in [5.74, 6) is 3.16. The molecule has 0 spiro atoms. The molecule has 1 saturated heterocycles. The van der Waals surface area contributed by atoms with Gasteiger partial charge in [0, 0.05) is 32.1 Å². The molecule has 0 N–H and O–H groups in total. The summed E-state index contributed by atoms with van der Waals surface area (Å²) in [5.41, 5.74) is 1.19. The molecule has 1 saturated carbocycles. The Balaban J connectivity index is 1.39. The number of benzene rings is 1. The SMILES string of the molecule is CCOc1ccccc1N1CCN([C@@H](C)c2nc(C3CC3)no2)CC1. The minimum absolute atomic E-state index is 0.171. The minimum Gasteiger partial charge on any atom is -0.492 e. The highest BCUT2D eigenvalue weighted by Crippen LogP contribution is 2.38. The Labute approximate surface area is 148 Å². The van der Waals surface area contributed by atoms with Gasteiger partial charge >= 0.3 is 0 Å². The molecular weight excluding hydrogens is 316 g/mol. The Kier molecular flexibility index (Phi) is 4.61. The van der Waals surface area contributed by atoms with Crippen molar-refractivity contribution in [2.75, 3.05) is 37.7 Å². The van der Waals surface area contributed by atoms with E-state index in [0.29, 0.717) is 12.5 Å². The zero-order chi connectivity index (χ0) is 17.2. The largest absolute Gasteiger partial charge is 0.492 e. The maximum Gasteiger partial charge on any atom is 0.243 e. The van der Waals surface area contributed by atoms with E-state index in [9.17, 15) is 0 Å². The van der Waals surface area contributed by atoms with Crippen LogP contribution in [0.5, 0.6) is 5.75 Å². The first kappa shape index (κ1) is 16.4. The van der Waals surface area contributed by atoms with E-state index in [1.54, 1.807) is 0 Å². The molecule has 1 aliphatic carbocycles. The van der Waals surface area contributed by atoms with Crippen LogP contribution in [-0.4, -0.2) is 47.8 Å². The molecule has 0 unspecified atom stereocenters. The van der Waals surface area contributed by atoms with E-state index in [1.807, 2.05) is 19.1 Å². The molecule has 1 aromatic carbocycles. The summed E-state index contributed by atoms with van der Waals surface area (Å²) in [7, 11) is 0. The van der Waals surface area contributed by atoms with Crippen molar-refractivity contribution in [1.29, 1.82) is 0 Å². The predicted octanol–water partition coefficient (Wildman–Crippen LogP) is 3.23. The number of ether oxygens (including phenoxy) is 1. The summed E-state index contributed by atoms with van der Waals surface area (Å²) >= 11 is 0. The minimum atomic E-state index is 0.171. The first-order chi connectivity index (χ1) is 12.3. The highest BCUT2D eigenvalue weighted by molar-refractivity contribution is 5.58. The van der Waals surface area contributed by atoms with Gasteiger partial charge in [-0.1, -0.05) is 17.3 Å². The summed E-state index contributed by atoms with van der Waals surface area (Å²) < 4.78 is 11.3. The van der Waals surface area contributed by atoms with Gasteiger partial charge in [0.15, 0.2) is 5.82 Å². The number of anilines is 1. The number of hydrogen-bond donors (Lipinski definition) is 0. The molecule has 25 heavy (non-hydrogen) atoms. The van der Waals surface area contributed by atoms with Crippen molar-refractivity contribution >= 4 is 5.69 Å². The topological polar surface area (TPSA) is 54.6 Å². The number of piperazine rings is 1. The lowest BCUT2D eigenvalue weighted by atomic mass is 10.2. The smallest absolute Gasteiger partial charge is 0.243 e. The number of nitrogens with zero attached hydrogens (tertiary/aromatic N) is 4. The van der Waals surface area contributed by atoms with Gasteiger partial charge in [0.25, 0.3) is 0 Å². The Morgan fingerprint density at radius 2 is 1.96 bits per heavy atom.